The van der Waals surface area contributed by atoms with E-state index in [4.69, 9.17) is 9.15 Å². The fraction of sp³-hybridized carbons (Fsp3) is 0.333. The summed E-state index contributed by atoms with van der Waals surface area (Å²) in [5.74, 6) is 1.34. The van der Waals surface area contributed by atoms with Gasteiger partial charge in [-0.15, -0.1) is 10.2 Å². The van der Waals surface area contributed by atoms with Crippen LogP contribution in [0.1, 0.15) is 13.8 Å². The third kappa shape index (κ3) is 3.28. The summed E-state index contributed by atoms with van der Waals surface area (Å²) in [6.45, 7) is 4.71. The maximum absolute atomic E-state index is 5.71. The third-order valence-electron chi connectivity index (χ3n) is 2.99. The van der Waals surface area contributed by atoms with E-state index < -0.39 is 0 Å². The van der Waals surface area contributed by atoms with Crippen molar-refractivity contribution in [3.63, 3.8) is 0 Å². The molecule has 0 saturated carbocycles. The Labute approximate surface area is 127 Å². The van der Waals surface area contributed by atoms with Gasteiger partial charge >= 0.3 is 0 Å². The molecule has 0 unspecified atom stereocenters. The molecule has 110 valence electrons. The van der Waals surface area contributed by atoms with Gasteiger partial charge in [0.25, 0.3) is 11.1 Å². The lowest BCUT2D eigenvalue weighted by Gasteiger charge is -2.04. The van der Waals surface area contributed by atoms with Crippen LogP contribution in [0.3, 0.4) is 0 Å². The molecule has 3 rings (SSSR count). The Morgan fingerprint density at radius 3 is 3.00 bits per heavy atom. The lowest BCUT2D eigenvalue weighted by Crippen LogP contribution is -2.05. The molecule has 0 aliphatic carbocycles. The highest BCUT2D eigenvalue weighted by Gasteiger charge is 2.13. The summed E-state index contributed by atoms with van der Waals surface area (Å²) in [7, 11) is 0. The first-order valence-electron chi connectivity index (χ1n) is 6.88. The van der Waals surface area contributed by atoms with Crippen LogP contribution < -0.4 is 0 Å². The molecule has 2 aromatic heterocycles. The van der Waals surface area contributed by atoms with Crippen LogP contribution in [0.2, 0.25) is 0 Å². The van der Waals surface area contributed by atoms with Crippen LogP contribution in [-0.4, -0.2) is 33.6 Å². The van der Waals surface area contributed by atoms with Gasteiger partial charge in [-0.3, -0.25) is 0 Å². The van der Waals surface area contributed by atoms with Gasteiger partial charge in [0.1, 0.15) is 0 Å². The number of nitrogens with one attached hydrogen (secondary N) is 1. The largest absolute Gasteiger partial charge is 0.411 e. The van der Waals surface area contributed by atoms with E-state index in [0.29, 0.717) is 17.7 Å². The van der Waals surface area contributed by atoms with E-state index in [9.17, 15) is 0 Å². The Bertz CT molecular complexity index is 720. The number of fused-ring (bicyclic) bond motifs is 1. The van der Waals surface area contributed by atoms with Crippen LogP contribution in [0, 0.1) is 0 Å². The van der Waals surface area contributed by atoms with Gasteiger partial charge < -0.3 is 14.1 Å². The molecule has 5 nitrogen and oxygen atoms in total. The fourth-order valence-corrected chi connectivity index (χ4v) is 2.63. The average molecular weight is 303 g/mol. The van der Waals surface area contributed by atoms with Crippen molar-refractivity contribution in [2.24, 2.45) is 0 Å². The van der Waals surface area contributed by atoms with Gasteiger partial charge in [-0.05, 0) is 19.9 Å². The number of rotatable bonds is 6. The van der Waals surface area contributed by atoms with Gasteiger partial charge in [-0.2, -0.15) is 0 Å². The molecule has 1 N–H and O–H groups in total. The maximum atomic E-state index is 5.71. The fourth-order valence-electron chi connectivity index (χ4n) is 2.04. The Morgan fingerprint density at radius 2 is 2.14 bits per heavy atom. The smallest absolute Gasteiger partial charge is 0.276 e. The van der Waals surface area contributed by atoms with Crippen molar-refractivity contribution >= 4 is 22.7 Å². The lowest BCUT2D eigenvalue weighted by molar-refractivity contribution is 0.0919. The summed E-state index contributed by atoms with van der Waals surface area (Å²) in [5, 5.41) is 9.85. The number of ether oxygens (including phenoxy) is 1. The molecule has 0 aliphatic heterocycles. The monoisotopic (exact) mass is 303 g/mol. The minimum Gasteiger partial charge on any atom is -0.411 e. The lowest BCUT2D eigenvalue weighted by atomic mass is 10.2. The van der Waals surface area contributed by atoms with E-state index in [1.54, 1.807) is 0 Å². The minimum absolute atomic E-state index is 0.245. The summed E-state index contributed by atoms with van der Waals surface area (Å²) < 4.78 is 11.2. The molecule has 0 aliphatic rings. The van der Waals surface area contributed by atoms with Gasteiger partial charge in [0, 0.05) is 22.9 Å². The Kier molecular flexibility index (Phi) is 4.26. The molecule has 2 heterocycles. The van der Waals surface area contributed by atoms with E-state index in [2.05, 4.69) is 15.2 Å². The van der Waals surface area contributed by atoms with E-state index in [-0.39, 0.29) is 6.10 Å². The second-order valence-electron chi connectivity index (χ2n) is 4.89. The zero-order valence-corrected chi connectivity index (χ0v) is 12.8. The predicted molar refractivity (Wildman–Crippen MR) is 83.4 cm³/mol. The molecule has 0 radical (unpaired) electrons. The Morgan fingerprint density at radius 1 is 1.29 bits per heavy atom. The molecule has 0 spiro atoms. The number of H-pyrrole nitrogens is 1. The van der Waals surface area contributed by atoms with Crippen molar-refractivity contribution in [3.8, 4) is 11.5 Å². The number of hydrogen-bond donors (Lipinski definition) is 1. The zero-order chi connectivity index (χ0) is 14.7. The Balaban J connectivity index is 1.70. The molecular formula is C15H17N3O2S. The molecule has 1 aromatic carbocycles. The van der Waals surface area contributed by atoms with Gasteiger partial charge in [0.05, 0.1) is 18.3 Å². The van der Waals surface area contributed by atoms with Crippen LogP contribution in [0.4, 0.5) is 0 Å². The number of aromatic amines is 1. The highest BCUT2D eigenvalue weighted by Crippen LogP contribution is 2.29. The number of nitrogens with zero attached hydrogens (tertiary/aromatic N) is 2. The molecular weight excluding hydrogens is 286 g/mol. The first-order chi connectivity index (χ1) is 10.2. The van der Waals surface area contributed by atoms with Crippen molar-refractivity contribution in [2.45, 2.75) is 25.2 Å². The van der Waals surface area contributed by atoms with E-state index in [1.165, 1.54) is 11.8 Å². The highest BCUT2D eigenvalue weighted by molar-refractivity contribution is 7.99. The molecule has 21 heavy (non-hydrogen) atoms. The van der Waals surface area contributed by atoms with Crippen LogP contribution >= 0.6 is 11.8 Å². The number of aromatic nitrogens is 3. The second kappa shape index (κ2) is 6.32. The second-order valence-corrected chi connectivity index (χ2v) is 5.94. The van der Waals surface area contributed by atoms with Crippen LogP contribution in [0.15, 0.2) is 40.1 Å². The van der Waals surface area contributed by atoms with Gasteiger partial charge in [0.15, 0.2) is 0 Å². The van der Waals surface area contributed by atoms with E-state index >= 15 is 0 Å². The number of benzene rings is 1. The predicted octanol–water partition coefficient (Wildman–Crippen LogP) is 3.74. The van der Waals surface area contributed by atoms with Crippen molar-refractivity contribution in [1.82, 2.24) is 15.2 Å². The zero-order valence-electron chi connectivity index (χ0n) is 12.0. The molecule has 3 aromatic rings. The molecule has 0 fully saturated rings. The topological polar surface area (TPSA) is 63.9 Å². The molecule has 6 heteroatoms. The summed E-state index contributed by atoms with van der Waals surface area (Å²) >= 11 is 1.51. The molecule has 0 atom stereocenters. The average Bonchev–Trinajstić information content (AvgIpc) is 3.09. The van der Waals surface area contributed by atoms with Gasteiger partial charge in [-0.1, -0.05) is 30.0 Å². The normalized spacial score (nSPS) is 11.6. The van der Waals surface area contributed by atoms with Crippen molar-refractivity contribution in [1.29, 1.82) is 0 Å². The van der Waals surface area contributed by atoms with Crippen molar-refractivity contribution in [2.75, 3.05) is 12.4 Å². The molecule has 0 saturated heterocycles. The third-order valence-corrected chi connectivity index (χ3v) is 3.77. The van der Waals surface area contributed by atoms with E-state index in [0.717, 1.165) is 22.2 Å². The minimum atomic E-state index is 0.245. The van der Waals surface area contributed by atoms with Crippen LogP contribution in [0.25, 0.3) is 22.4 Å². The number of hydrogen-bond acceptors (Lipinski definition) is 5. The van der Waals surface area contributed by atoms with Crippen molar-refractivity contribution < 1.29 is 9.15 Å². The molecule has 0 amide bonds. The Hall–Kier alpha value is -1.79. The number of para-hydroxylation sites is 1. The van der Waals surface area contributed by atoms with Crippen LogP contribution in [-0.2, 0) is 4.74 Å². The maximum Gasteiger partial charge on any atom is 0.276 e. The molecule has 0 bridgehead atoms. The summed E-state index contributed by atoms with van der Waals surface area (Å²) in [6, 6.07) is 8.05. The first-order valence-corrected chi connectivity index (χ1v) is 7.87. The summed E-state index contributed by atoms with van der Waals surface area (Å²) in [4.78, 5) is 3.21. The standard InChI is InChI=1S/C15H17N3O2S/c1-10(2)19-7-8-21-15-18-17-14(20-15)12-9-16-13-6-4-3-5-11(12)13/h3-6,9-10,16H,7-8H2,1-2H3. The van der Waals surface area contributed by atoms with Gasteiger partial charge in [0.2, 0.25) is 0 Å². The number of thioether (sulfide) groups is 1. The SMILES string of the molecule is CC(C)OCCSc1nnc(-c2c[nH]c3ccccc23)o1. The summed E-state index contributed by atoms with van der Waals surface area (Å²) in [5.41, 5.74) is 1.99. The van der Waals surface area contributed by atoms with E-state index in [1.807, 2.05) is 44.3 Å². The summed E-state index contributed by atoms with van der Waals surface area (Å²) in [6.07, 6.45) is 2.14. The first kappa shape index (κ1) is 14.2. The van der Waals surface area contributed by atoms with Crippen molar-refractivity contribution in [3.05, 3.63) is 30.5 Å². The highest BCUT2D eigenvalue weighted by atomic mass is 32.2. The quantitative estimate of drug-likeness (QED) is 0.555. The van der Waals surface area contributed by atoms with Gasteiger partial charge in [-0.25, -0.2) is 0 Å². The van der Waals surface area contributed by atoms with Crippen LogP contribution in [0.5, 0.6) is 0 Å².